The van der Waals surface area contributed by atoms with Gasteiger partial charge in [0.2, 0.25) is 0 Å². The Morgan fingerprint density at radius 2 is 2.33 bits per heavy atom. The van der Waals surface area contributed by atoms with E-state index in [0.29, 0.717) is 0 Å². The Kier molecular flexibility index (Phi) is 5.37. The molecule has 0 N–H and O–H groups in total. The van der Waals surface area contributed by atoms with Gasteiger partial charge < -0.3 is 4.74 Å². The number of nitrogens with zero attached hydrogens (tertiary/aromatic N) is 1. The molecule has 0 fully saturated rings. The van der Waals surface area contributed by atoms with Crippen molar-refractivity contribution in [3.63, 3.8) is 0 Å². The maximum Gasteiger partial charge on any atom is 0.348 e. The Morgan fingerprint density at radius 1 is 1.67 bits per heavy atom. The molecule has 0 aromatic rings. The molecular formula is C9H11NO2. The van der Waals surface area contributed by atoms with Gasteiger partial charge in [0.15, 0.2) is 0 Å². The third kappa shape index (κ3) is 3.57. The summed E-state index contributed by atoms with van der Waals surface area (Å²) < 4.78 is 4.63. The maximum atomic E-state index is 10.9. The molecule has 0 saturated carbocycles. The Bertz CT molecular complexity index is 246. The average Bonchev–Trinajstić information content (AvgIpc) is 2.06. The van der Waals surface area contributed by atoms with Gasteiger partial charge in [0.05, 0.1) is 6.61 Å². The van der Waals surface area contributed by atoms with E-state index in [2.05, 4.69) is 4.74 Å². The highest BCUT2D eigenvalue weighted by molar-refractivity contribution is 5.93. The highest BCUT2D eigenvalue weighted by atomic mass is 16.5. The number of ether oxygens (including phenoxy) is 1. The lowest BCUT2D eigenvalue weighted by Gasteiger charge is -1.96. The molecule has 0 atom stereocenters. The summed E-state index contributed by atoms with van der Waals surface area (Å²) in [6.07, 6.45) is 4.78. The zero-order chi connectivity index (χ0) is 9.40. The quantitative estimate of drug-likeness (QED) is 0.276. The highest BCUT2D eigenvalue weighted by Gasteiger charge is 2.06. The van der Waals surface area contributed by atoms with Crippen LogP contribution in [0.15, 0.2) is 23.8 Å². The van der Waals surface area contributed by atoms with Crippen molar-refractivity contribution in [2.75, 3.05) is 6.61 Å². The van der Waals surface area contributed by atoms with Crippen LogP contribution in [0.25, 0.3) is 0 Å². The molecule has 12 heavy (non-hydrogen) atoms. The number of carbonyl (C=O) groups is 1. The van der Waals surface area contributed by atoms with Crippen LogP contribution >= 0.6 is 0 Å². The minimum absolute atomic E-state index is 0.0231. The molecule has 0 aliphatic rings. The largest absolute Gasteiger partial charge is 0.462 e. The minimum Gasteiger partial charge on any atom is -0.462 e. The number of allylic oxidation sites excluding steroid dienone is 3. The number of carbonyl (C=O) groups excluding carboxylic acids is 1. The van der Waals surface area contributed by atoms with Gasteiger partial charge in [-0.3, -0.25) is 0 Å². The molecular weight excluding hydrogens is 154 g/mol. The summed E-state index contributed by atoms with van der Waals surface area (Å²) in [5.41, 5.74) is 0.0231. The predicted octanol–water partition coefficient (Wildman–Crippen LogP) is 1.58. The van der Waals surface area contributed by atoms with Crippen molar-refractivity contribution in [3.05, 3.63) is 23.8 Å². The third-order valence-corrected chi connectivity index (χ3v) is 1.07. The molecule has 0 aromatic heterocycles. The van der Waals surface area contributed by atoms with Crippen LogP contribution in [-0.4, -0.2) is 12.6 Å². The first-order valence-corrected chi connectivity index (χ1v) is 3.66. The molecule has 0 saturated heterocycles. The van der Waals surface area contributed by atoms with E-state index in [1.165, 1.54) is 6.08 Å². The van der Waals surface area contributed by atoms with Gasteiger partial charge in [-0.25, -0.2) is 4.79 Å². The fraction of sp³-hybridized carbons (Fsp3) is 0.333. The highest BCUT2D eigenvalue weighted by Crippen LogP contribution is 1.96. The first-order chi connectivity index (χ1) is 5.76. The van der Waals surface area contributed by atoms with Gasteiger partial charge in [-0.1, -0.05) is 12.2 Å². The summed E-state index contributed by atoms with van der Waals surface area (Å²) in [6, 6.07) is 1.76. The Labute approximate surface area is 71.9 Å². The molecule has 3 heteroatoms. The minimum atomic E-state index is -0.571. The van der Waals surface area contributed by atoms with Gasteiger partial charge in [0.25, 0.3) is 0 Å². The van der Waals surface area contributed by atoms with Gasteiger partial charge >= 0.3 is 5.97 Å². The van der Waals surface area contributed by atoms with E-state index >= 15 is 0 Å². The molecule has 3 nitrogen and oxygen atoms in total. The standard InChI is InChI=1S/C9H11NO2/c1-3-5-6-8(7-10)9(11)12-4-2/h3,5-6H,4H2,1-2H3. The van der Waals surface area contributed by atoms with E-state index in [1.54, 1.807) is 32.1 Å². The molecule has 0 aliphatic heterocycles. The van der Waals surface area contributed by atoms with Crippen LogP contribution in [0.1, 0.15) is 13.8 Å². The van der Waals surface area contributed by atoms with Crippen LogP contribution in [0.2, 0.25) is 0 Å². The third-order valence-electron chi connectivity index (χ3n) is 1.07. The molecule has 0 aromatic carbocycles. The molecule has 0 amide bonds. The van der Waals surface area contributed by atoms with Crippen molar-refractivity contribution in [2.45, 2.75) is 13.8 Å². The second-order valence-electron chi connectivity index (χ2n) is 1.94. The number of esters is 1. The molecule has 0 aliphatic carbocycles. The van der Waals surface area contributed by atoms with Crippen molar-refractivity contribution >= 4 is 5.97 Å². The van der Waals surface area contributed by atoms with Gasteiger partial charge in [0.1, 0.15) is 11.6 Å². The first kappa shape index (κ1) is 10.4. The molecule has 0 rings (SSSR count). The smallest absolute Gasteiger partial charge is 0.348 e. The monoisotopic (exact) mass is 165 g/mol. The van der Waals surface area contributed by atoms with Gasteiger partial charge in [-0.15, -0.1) is 0 Å². The molecule has 0 spiro atoms. The Morgan fingerprint density at radius 3 is 2.75 bits per heavy atom. The topological polar surface area (TPSA) is 50.1 Å². The van der Waals surface area contributed by atoms with Crippen LogP contribution in [-0.2, 0) is 9.53 Å². The summed E-state index contributed by atoms with van der Waals surface area (Å²) in [6.45, 7) is 3.78. The number of hydrogen-bond acceptors (Lipinski definition) is 3. The summed E-state index contributed by atoms with van der Waals surface area (Å²) in [7, 11) is 0. The van der Waals surface area contributed by atoms with Gasteiger partial charge in [-0.2, -0.15) is 5.26 Å². The van der Waals surface area contributed by atoms with E-state index in [-0.39, 0.29) is 12.2 Å². The number of rotatable bonds is 3. The van der Waals surface area contributed by atoms with Crippen molar-refractivity contribution in [1.82, 2.24) is 0 Å². The van der Waals surface area contributed by atoms with Crippen LogP contribution < -0.4 is 0 Å². The van der Waals surface area contributed by atoms with Crippen molar-refractivity contribution in [3.8, 4) is 6.07 Å². The second-order valence-corrected chi connectivity index (χ2v) is 1.94. The van der Waals surface area contributed by atoms with Crippen molar-refractivity contribution < 1.29 is 9.53 Å². The van der Waals surface area contributed by atoms with E-state index in [9.17, 15) is 4.79 Å². The van der Waals surface area contributed by atoms with Gasteiger partial charge in [-0.05, 0) is 19.9 Å². The van der Waals surface area contributed by atoms with E-state index in [4.69, 9.17) is 5.26 Å². The molecule has 0 bridgehead atoms. The zero-order valence-corrected chi connectivity index (χ0v) is 7.20. The molecule has 0 heterocycles. The molecule has 0 radical (unpaired) electrons. The van der Waals surface area contributed by atoms with E-state index < -0.39 is 5.97 Å². The fourth-order valence-corrected chi connectivity index (χ4v) is 0.552. The number of nitriles is 1. The predicted molar refractivity (Wildman–Crippen MR) is 45.1 cm³/mol. The normalized spacial score (nSPS) is 11.2. The van der Waals surface area contributed by atoms with Crippen LogP contribution in [0, 0.1) is 11.3 Å². The zero-order valence-electron chi connectivity index (χ0n) is 7.20. The average molecular weight is 165 g/mol. The summed E-state index contributed by atoms with van der Waals surface area (Å²) in [5.74, 6) is -0.571. The summed E-state index contributed by atoms with van der Waals surface area (Å²) >= 11 is 0. The molecule has 0 unspecified atom stereocenters. The van der Waals surface area contributed by atoms with E-state index in [0.717, 1.165) is 0 Å². The van der Waals surface area contributed by atoms with Crippen LogP contribution in [0.5, 0.6) is 0 Å². The van der Waals surface area contributed by atoms with Crippen molar-refractivity contribution in [1.29, 1.82) is 5.26 Å². The fourth-order valence-electron chi connectivity index (χ4n) is 0.552. The molecule has 64 valence electrons. The van der Waals surface area contributed by atoms with E-state index in [1.807, 2.05) is 0 Å². The Balaban J connectivity index is 4.37. The lowest BCUT2D eigenvalue weighted by molar-refractivity contribution is -0.138. The summed E-state index contributed by atoms with van der Waals surface area (Å²) in [4.78, 5) is 10.9. The lowest BCUT2D eigenvalue weighted by Crippen LogP contribution is -2.05. The maximum absolute atomic E-state index is 10.9. The first-order valence-electron chi connectivity index (χ1n) is 3.66. The van der Waals surface area contributed by atoms with Gasteiger partial charge in [0, 0.05) is 0 Å². The number of hydrogen-bond donors (Lipinski definition) is 0. The van der Waals surface area contributed by atoms with Crippen LogP contribution in [0.4, 0.5) is 0 Å². The lowest BCUT2D eigenvalue weighted by atomic mass is 10.2. The second kappa shape index (κ2) is 6.17. The summed E-state index contributed by atoms with van der Waals surface area (Å²) in [5, 5.41) is 8.50. The Hall–Kier alpha value is -1.56. The SMILES string of the molecule is CC=CC=C(C#N)C(=O)OCC. The van der Waals surface area contributed by atoms with Crippen molar-refractivity contribution in [2.24, 2.45) is 0 Å². The van der Waals surface area contributed by atoms with Crippen LogP contribution in [0.3, 0.4) is 0 Å².